The minimum Gasteiger partial charge on any atom is -0.493 e. The predicted octanol–water partition coefficient (Wildman–Crippen LogP) is 5.43. The van der Waals surface area contributed by atoms with Gasteiger partial charge in [-0.05, 0) is 61.0 Å². The number of hydrogen-bond donors (Lipinski definition) is 1. The van der Waals surface area contributed by atoms with E-state index in [0.29, 0.717) is 18.9 Å². The van der Waals surface area contributed by atoms with Gasteiger partial charge in [0.1, 0.15) is 11.5 Å². The van der Waals surface area contributed by atoms with E-state index in [1.54, 1.807) is 18.2 Å². The first kappa shape index (κ1) is 18.7. The van der Waals surface area contributed by atoms with Crippen molar-refractivity contribution in [3.8, 4) is 17.2 Å². The average molecular weight is 387 g/mol. The van der Waals surface area contributed by atoms with Crippen molar-refractivity contribution in [1.29, 1.82) is 0 Å². The van der Waals surface area contributed by atoms with E-state index in [9.17, 15) is 4.79 Å². The molecule has 146 valence electrons. The van der Waals surface area contributed by atoms with E-state index in [0.717, 1.165) is 33.5 Å². The van der Waals surface area contributed by atoms with Crippen LogP contribution in [-0.2, 0) is 6.42 Å². The van der Waals surface area contributed by atoms with Crippen LogP contribution in [0.5, 0.6) is 5.75 Å². The second-order valence-electron chi connectivity index (χ2n) is 7.02. The van der Waals surface area contributed by atoms with E-state index in [-0.39, 0.29) is 5.56 Å². The van der Waals surface area contributed by atoms with Crippen molar-refractivity contribution in [3.63, 3.8) is 0 Å². The third-order valence-electron chi connectivity index (χ3n) is 4.86. The highest BCUT2D eigenvalue weighted by molar-refractivity contribution is 5.94. The minimum absolute atomic E-state index is 0.275. The van der Waals surface area contributed by atoms with E-state index < -0.39 is 5.97 Å². The lowest BCUT2D eigenvalue weighted by molar-refractivity contribution is 0.0697. The van der Waals surface area contributed by atoms with E-state index in [1.165, 1.54) is 5.56 Å². The number of carboxylic acids is 1. The number of carbonyl (C=O) groups is 1. The number of fused-ring (bicyclic) bond motifs is 1. The number of aromatic nitrogens is 1. The first-order chi connectivity index (χ1) is 14.0. The summed E-state index contributed by atoms with van der Waals surface area (Å²) in [6.45, 7) is 4.43. The number of aryl methyl sites for hydroxylation is 2. The van der Waals surface area contributed by atoms with Gasteiger partial charge in [0.2, 0.25) is 5.89 Å². The fraction of sp³-hybridized carbons (Fsp3) is 0.167. The second-order valence-corrected chi connectivity index (χ2v) is 7.02. The highest BCUT2D eigenvalue weighted by atomic mass is 16.5. The molecule has 29 heavy (non-hydrogen) atoms. The minimum atomic E-state index is -0.930. The van der Waals surface area contributed by atoms with Crippen LogP contribution < -0.4 is 4.74 Å². The monoisotopic (exact) mass is 387 g/mol. The number of nitrogens with zero attached hydrogens (tertiary/aromatic N) is 1. The molecule has 1 heterocycles. The molecule has 1 N–H and O–H groups in total. The molecule has 5 nitrogen and oxygen atoms in total. The molecule has 0 fully saturated rings. The van der Waals surface area contributed by atoms with Crippen LogP contribution in [-0.4, -0.2) is 22.7 Å². The Morgan fingerprint density at radius 1 is 1.00 bits per heavy atom. The molecule has 0 bridgehead atoms. The fourth-order valence-electron chi connectivity index (χ4n) is 3.19. The van der Waals surface area contributed by atoms with Crippen molar-refractivity contribution in [2.75, 3.05) is 6.61 Å². The maximum Gasteiger partial charge on any atom is 0.335 e. The topological polar surface area (TPSA) is 72.6 Å². The summed E-state index contributed by atoms with van der Waals surface area (Å²) in [4.78, 5) is 15.7. The Balaban J connectivity index is 1.43. The standard InChI is InChI=1S/C24H21NO4/c1-15-3-5-17(6-4-15)23-25-22(16(2)29-23)11-12-28-21-10-9-18-13-20(24(26)27)8-7-19(18)14-21/h3-10,13-14H,11-12H2,1-2H3,(H,26,27). The first-order valence-corrected chi connectivity index (χ1v) is 9.43. The lowest BCUT2D eigenvalue weighted by Crippen LogP contribution is -2.02. The van der Waals surface area contributed by atoms with Gasteiger partial charge in [-0.1, -0.05) is 29.8 Å². The summed E-state index contributed by atoms with van der Waals surface area (Å²) in [7, 11) is 0. The Morgan fingerprint density at radius 3 is 2.48 bits per heavy atom. The van der Waals surface area contributed by atoms with E-state index >= 15 is 0 Å². The summed E-state index contributed by atoms with van der Waals surface area (Å²) in [5, 5.41) is 10.9. The molecular weight excluding hydrogens is 366 g/mol. The summed E-state index contributed by atoms with van der Waals surface area (Å²) < 4.78 is 11.7. The van der Waals surface area contributed by atoms with Crippen LogP contribution in [0.15, 0.2) is 65.1 Å². The van der Waals surface area contributed by atoms with Gasteiger partial charge in [0.25, 0.3) is 0 Å². The Kier molecular flexibility index (Phi) is 5.04. The molecule has 5 heteroatoms. The third kappa shape index (κ3) is 4.14. The molecule has 0 spiro atoms. The third-order valence-corrected chi connectivity index (χ3v) is 4.86. The van der Waals surface area contributed by atoms with Crippen molar-refractivity contribution in [2.45, 2.75) is 20.3 Å². The summed E-state index contributed by atoms with van der Waals surface area (Å²) in [6, 6.07) is 18.8. The molecule has 3 aromatic carbocycles. The lowest BCUT2D eigenvalue weighted by atomic mass is 10.1. The van der Waals surface area contributed by atoms with E-state index in [1.807, 2.05) is 56.3 Å². The lowest BCUT2D eigenvalue weighted by Gasteiger charge is -2.07. The smallest absolute Gasteiger partial charge is 0.335 e. The molecule has 0 amide bonds. The van der Waals surface area contributed by atoms with Gasteiger partial charge in [0.15, 0.2) is 0 Å². The Morgan fingerprint density at radius 2 is 1.72 bits per heavy atom. The van der Waals surface area contributed by atoms with Gasteiger partial charge in [-0.2, -0.15) is 0 Å². The van der Waals surface area contributed by atoms with Crippen molar-refractivity contribution in [2.24, 2.45) is 0 Å². The van der Waals surface area contributed by atoms with Crippen LogP contribution in [0.25, 0.3) is 22.2 Å². The number of carboxylic acid groups (broad SMARTS) is 1. The van der Waals surface area contributed by atoms with Crippen molar-refractivity contribution in [1.82, 2.24) is 4.98 Å². The average Bonchev–Trinajstić information content (AvgIpc) is 3.08. The quantitative estimate of drug-likeness (QED) is 0.477. The van der Waals surface area contributed by atoms with Crippen molar-refractivity contribution >= 4 is 16.7 Å². The maximum absolute atomic E-state index is 11.1. The van der Waals surface area contributed by atoms with Gasteiger partial charge in [-0.15, -0.1) is 0 Å². The van der Waals surface area contributed by atoms with Gasteiger partial charge in [-0.3, -0.25) is 0 Å². The van der Waals surface area contributed by atoms with Gasteiger partial charge >= 0.3 is 5.97 Å². The molecule has 0 radical (unpaired) electrons. The Hall–Kier alpha value is -3.60. The SMILES string of the molecule is Cc1ccc(-c2nc(CCOc3ccc4cc(C(=O)O)ccc4c3)c(C)o2)cc1. The molecule has 0 aliphatic carbocycles. The summed E-state index contributed by atoms with van der Waals surface area (Å²) in [5.74, 6) is 1.22. The van der Waals surface area contributed by atoms with Crippen molar-refractivity contribution < 1.29 is 19.1 Å². The number of rotatable bonds is 6. The summed E-state index contributed by atoms with van der Waals surface area (Å²) >= 11 is 0. The van der Waals surface area contributed by atoms with Gasteiger partial charge in [-0.25, -0.2) is 9.78 Å². The molecule has 4 aromatic rings. The Labute approximate surface area is 168 Å². The van der Waals surface area contributed by atoms with Gasteiger partial charge in [0.05, 0.1) is 17.9 Å². The molecule has 0 saturated heterocycles. The van der Waals surface area contributed by atoms with E-state index in [4.69, 9.17) is 14.3 Å². The number of ether oxygens (including phenoxy) is 1. The molecule has 1 aromatic heterocycles. The molecule has 0 unspecified atom stereocenters. The number of oxazole rings is 1. The fourth-order valence-corrected chi connectivity index (χ4v) is 3.19. The maximum atomic E-state index is 11.1. The largest absolute Gasteiger partial charge is 0.493 e. The number of benzene rings is 3. The number of aromatic carboxylic acids is 1. The van der Waals surface area contributed by atoms with Crippen molar-refractivity contribution in [3.05, 3.63) is 83.2 Å². The molecular formula is C24H21NO4. The molecule has 0 aliphatic heterocycles. The molecule has 0 saturated carbocycles. The molecule has 0 aliphatic rings. The van der Waals surface area contributed by atoms with Crippen LogP contribution in [0.2, 0.25) is 0 Å². The molecule has 0 atom stereocenters. The normalized spacial score (nSPS) is 11.0. The van der Waals surface area contributed by atoms with Crippen LogP contribution in [0, 0.1) is 13.8 Å². The summed E-state index contributed by atoms with van der Waals surface area (Å²) in [6.07, 6.45) is 0.636. The highest BCUT2D eigenvalue weighted by Gasteiger charge is 2.12. The first-order valence-electron chi connectivity index (χ1n) is 9.43. The van der Waals surface area contributed by atoms with Crippen LogP contribution in [0.1, 0.15) is 27.4 Å². The zero-order chi connectivity index (χ0) is 20.4. The second kappa shape index (κ2) is 7.80. The van der Waals surface area contributed by atoms with Gasteiger partial charge in [0, 0.05) is 12.0 Å². The number of hydrogen-bond acceptors (Lipinski definition) is 4. The zero-order valence-corrected chi connectivity index (χ0v) is 16.3. The van der Waals surface area contributed by atoms with Crippen LogP contribution >= 0.6 is 0 Å². The zero-order valence-electron chi connectivity index (χ0n) is 16.3. The summed E-state index contributed by atoms with van der Waals surface area (Å²) in [5.41, 5.74) is 3.31. The molecule has 4 rings (SSSR count). The van der Waals surface area contributed by atoms with E-state index in [2.05, 4.69) is 4.98 Å². The predicted molar refractivity (Wildman–Crippen MR) is 112 cm³/mol. The Bertz CT molecular complexity index is 1180. The highest BCUT2D eigenvalue weighted by Crippen LogP contribution is 2.24. The van der Waals surface area contributed by atoms with Gasteiger partial charge < -0.3 is 14.3 Å². The van der Waals surface area contributed by atoms with Crippen LogP contribution in [0.3, 0.4) is 0 Å². The van der Waals surface area contributed by atoms with Crippen LogP contribution in [0.4, 0.5) is 0 Å².